The van der Waals surface area contributed by atoms with Gasteiger partial charge in [-0.1, -0.05) is 28.1 Å². The van der Waals surface area contributed by atoms with Crippen molar-refractivity contribution >= 4 is 96.0 Å². The van der Waals surface area contributed by atoms with Crippen molar-refractivity contribution in [3.63, 3.8) is 0 Å². The number of likely N-dealkylation sites (tertiary alicyclic amines) is 1. The molecule has 1 aromatic heterocycles. The number of hydrogen-bond acceptors (Lipinski definition) is 3. The van der Waals surface area contributed by atoms with Gasteiger partial charge < -0.3 is 10.2 Å². The lowest BCUT2D eigenvalue weighted by Crippen LogP contribution is -2.85. The molecule has 1 saturated heterocycles. The zero-order valence-electron chi connectivity index (χ0n) is 19.9. The first-order valence-corrected chi connectivity index (χ1v) is 11.1. The second-order valence-electron chi connectivity index (χ2n) is 9.40. The van der Waals surface area contributed by atoms with Crippen LogP contribution >= 0.6 is 11.6 Å². The quantitative estimate of drug-likeness (QED) is 0.544. The van der Waals surface area contributed by atoms with Gasteiger partial charge in [0.1, 0.15) is 11.5 Å². The first-order chi connectivity index (χ1) is 16.6. The molecule has 20 radical (unpaired) electrons. The molecule has 2 heterocycles. The third-order valence-corrected chi connectivity index (χ3v) is 7.00. The molecule has 1 aromatic carbocycles. The van der Waals surface area contributed by atoms with Crippen LogP contribution in [0.1, 0.15) is 21.6 Å². The normalized spacial score (nSPS) is 21.2. The van der Waals surface area contributed by atoms with Crippen molar-refractivity contribution in [3.05, 3.63) is 64.2 Å². The Morgan fingerprint density at radius 2 is 1.57 bits per heavy atom. The molecule has 0 aliphatic carbocycles. The topological polar surface area (TPSA) is 45.2 Å². The van der Waals surface area contributed by atoms with E-state index in [-0.39, 0.29) is 11.3 Å². The number of aromatic nitrogens is 1. The summed E-state index contributed by atoms with van der Waals surface area (Å²) in [6, 6.07) is 5.98. The predicted molar refractivity (Wildman–Crippen MR) is 148 cm³/mol. The maximum absolute atomic E-state index is 17.0. The summed E-state index contributed by atoms with van der Waals surface area (Å²) in [7, 11) is 61.4. The smallest absolute Gasteiger partial charge is 0.252 e. The van der Waals surface area contributed by atoms with Crippen molar-refractivity contribution in [1.29, 1.82) is 0 Å². The van der Waals surface area contributed by atoms with Gasteiger partial charge in [0.2, 0.25) is 0 Å². The summed E-state index contributed by atoms with van der Waals surface area (Å²) in [4.78, 5) is 17.8. The van der Waals surface area contributed by atoms with E-state index in [1.165, 1.54) is 12.3 Å². The second kappa shape index (κ2) is 9.36. The molecule has 1 amide bonds. The van der Waals surface area contributed by atoms with Gasteiger partial charge in [-0.05, 0) is 52.8 Å². The first kappa shape index (κ1) is 30.1. The van der Waals surface area contributed by atoms with Crippen LogP contribution in [0.4, 0.5) is 8.78 Å². The van der Waals surface area contributed by atoms with Crippen LogP contribution in [0.5, 0.6) is 0 Å². The zero-order chi connectivity index (χ0) is 28.4. The van der Waals surface area contributed by atoms with Crippen LogP contribution in [-0.4, -0.2) is 117 Å². The van der Waals surface area contributed by atoms with Crippen molar-refractivity contribution in [1.82, 2.24) is 15.2 Å². The summed E-state index contributed by atoms with van der Waals surface area (Å²) in [5, 5.41) is -11.5. The Balaban J connectivity index is 2.08. The number of benzene rings is 1. The lowest BCUT2D eigenvalue weighted by molar-refractivity contribution is -0.0195. The number of carbonyl (C=O) groups is 1. The highest BCUT2D eigenvalue weighted by atomic mass is 35.5. The molecule has 17 heteroatoms. The number of halogens is 3. The molecule has 1 N–H and O–H groups in total. The van der Waals surface area contributed by atoms with E-state index in [0.29, 0.717) is 4.90 Å². The molecule has 0 unspecified atom stereocenters. The third-order valence-electron chi connectivity index (χ3n) is 6.71. The van der Waals surface area contributed by atoms with Crippen LogP contribution in [0.3, 0.4) is 0 Å². The Morgan fingerprint density at radius 3 is 2.03 bits per heavy atom. The number of amides is 1. The summed E-state index contributed by atoms with van der Waals surface area (Å²) in [5.74, 6) is -2.01. The maximum atomic E-state index is 17.0. The summed E-state index contributed by atoms with van der Waals surface area (Å²) in [6.45, 7) is 0.773. The van der Waals surface area contributed by atoms with Gasteiger partial charge in [-0.25, -0.2) is 8.78 Å². The van der Waals surface area contributed by atoms with Gasteiger partial charge in [-0.3, -0.25) is 9.78 Å². The first-order valence-electron chi connectivity index (χ1n) is 10.7. The van der Waals surface area contributed by atoms with Gasteiger partial charge in [-0.15, -0.1) is 0 Å². The van der Waals surface area contributed by atoms with E-state index in [0.717, 1.165) is 23.8 Å². The molecule has 164 valence electrons. The average Bonchev–Trinajstić information content (AvgIpc) is 2.78. The number of nitrogens with one attached hydrogen (secondary N) is 1. The lowest BCUT2D eigenvalue weighted by atomic mass is 9.15. The number of alkyl halides is 1. The van der Waals surface area contributed by atoms with Gasteiger partial charge in [-0.2, -0.15) is 0 Å². The van der Waals surface area contributed by atoms with Crippen LogP contribution < -0.4 is 5.32 Å². The number of piperidine rings is 1. The minimum Gasteiger partial charge on any atom is -0.363 e. The van der Waals surface area contributed by atoms with E-state index < -0.39 is 55.4 Å². The zero-order valence-corrected chi connectivity index (χ0v) is 20.6. The van der Waals surface area contributed by atoms with Crippen molar-refractivity contribution in [3.8, 4) is 0 Å². The Morgan fingerprint density at radius 1 is 1.03 bits per heavy atom. The number of nitrogens with zero attached hydrogens (tertiary/aromatic N) is 2. The summed E-state index contributed by atoms with van der Waals surface area (Å²) >= 11 is 5.77. The van der Waals surface area contributed by atoms with Crippen molar-refractivity contribution in [2.45, 2.75) is 39.0 Å². The Hall–Kier alpha value is -1.40. The molecule has 0 spiro atoms. The van der Waals surface area contributed by atoms with Crippen molar-refractivity contribution in [2.24, 2.45) is 0 Å². The van der Waals surface area contributed by atoms with E-state index >= 15 is 4.39 Å². The SMILES string of the molecule is [B]C([B])(NCC1(F)C([B])([B])C([B])([B])N(C(=O)c2ccc(F)c(Cl)c2)C([B])([B])C1([B])[B])c1ccc(C)cn1. The largest absolute Gasteiger partial charge is 0.363 e. The van der Waals surface area contributed by atoms with Crippen LogP contribution in [0.2, 0.25) is 15.5 Å². The van der Waals surface area contributed by atoms with Crippen LogP contribution in [0, 0.1) is 12.7 Å². The van der Waals surface area contributed by atoms with Gasteiger partial charge in [0.05, 0.1) is 83.5 Å². The van der Waals surface area contributed by atoms with E-state index in [4.69, 9.17) is 90.1 Å². The Labute approximate surface area is 234 Å². The molecule has 1 aliphatic heterocycles. The lowest BCUT2D eigenvalue weighted by Gasteiger charge is -2.76. The average molecular weight is 492 g/mol. The van der Waals surface area contributed by atoms with E-state index in [9.17, 15) is 9.18 Å². The number of pyridine rings is 1. The third kappa shape index (κ3) is 4.48. The van der Waals surface area contributed by atoms with Crippen molar-refractivity contribution in [2.75, 3.05) is 6.54 Å². The molecule has 0 saturated carbocycles. The fraction of sp³-hybridized carbons (Fsp3) is 0.400. The molecule has 4 nitrogen and oxygen atoms in total. The molecule has 1 aliphatic rings. The van der Waals surface area contributed by atoms with E-state index in [1.54, 1.807) is 13.0 Å². The highest BCUT2D eigenvalue weighted by molar-refractivity contribution is 6.62. The number of aryl methyl sites for hydroxylation is 1. The molecule has 2 aromatic rings. The van der Waals surface area contributed by atoms with Gasteiger partial charge in [0, 0.05) is 24.0 Å². The standard InChI is InChI=1S/C20H12B10ClF2N3O/c1-9-2-5-13(34-7-9)16(21,22)35-8-15(33)17(23,24)19(27,28)36(20(29,30)18(15,25)26)14(37)10-3-4-12(32)11(31)6-10/h2-7,35H,8H2,1H3. The minimum absolute atomic E-state index is 0.0975. The number of carbonyl (C=O) groups excluding carboxylic acids is 1. The highest BCUT2D eigenvalue weighted by Gasteiger charge is 2.70. The van der Waals surface area contributed by atoms with E-state index in [1.807, 2.05) is 0 Å². The number of hydrogen-bond donors (Lipinski definition) is 1. The van der Waals surface area contributed by atoms with Gasteiger partial charge in [0.25, 0.3) is 5.91 Å². The van der Waals surface area contributed by atoms with Gasteiger partial charge >= 0.3 is 0 Å². The molecule has 1 fully saturated rings. The molecular weight excluding hydrogens is 480 g/mol. The Bertz CT molecular complexity index is 1190. The fourth-order valence-corrected chi connectivity index (χ4v) is 4.29. The monoisotopic (exact) mass is 493 g/mol. The molecular formula is C20H12B10ClF2N3O. The summed E-state index contributed by atoms with van der Waals surface area (Å²) < 4.78 is 30.6. The molecule has 0 atom stereocenters. The Kier molecular flexibility index (Phi) is 7.63. The van der Waals surface area contributed by atoms with E-state index in [2.05, 4.69) is 10.3 Å². The van der Waals surface area contributed by atoms with Crippen LogP contribution in [0.15, 0.2) is 36.5 Å². The molecule has 37 heavy (non-hydrogen) atoms. The van der Waals surface area contributed by atoms with Crippen molar-refractivity contribution < 1.29 is 13.6 Å². The minimum atomic E-state index is -3.29. The predicted octanol–water partition coefficient (Wildman–Crippen LogP) is -1.03. The summed E-state index contributed by atoms with van der Waals surface area (Å²) in [6.07, 6.45) is 1.48. The molecule has 3 rings (SSSR count). The fourth-order valence-electron chi connectivity index (χ4n) is 4.11. The maximum Gasteiger partial charge on any atom is 0.252 e. The van der Waals surface area contributed by atoms with Crippen LogP contribution in [0.25, 0.3) is 0 Å². The second-order valence-corrected chi connectivity index (χ2v) is 9.81. The van der Waals surface area contributed by atoms with Crippen LogP contribution in [-0.2, 0) is 5.34 Å². The molecule has 0 bridgehead atoms. The highest BCUT2D eigenvalue weighted by Crippen LogP contribution is 2.64. The summed E-state index contributed by atoms with van der Waals surface area (Å²) in [5.41, 5.74) is -2.70. The number of rotatable bonds is 5. The van der Waals surface area contributed by atoms with Gasteiger partial charge in [0.15, 0.2) is 0 Å².